The molecule has 0 saturated carbocycles. The van der Waals surface area contributed by atoms with Crippen LogP contribution in [0.1, 0.15) is 258 Å². The fraction of sp³-hybridized carbons (Fsp3) is 0.645. The molecule has 2 unspecified atom stereocenters. The van der Waals surface area contributed by atoms with Gasteiger partial charge in [0.05, 0.1) is 34.4 Å². The molecule has 0 aliphatic heterocycles. The predicted molar refractivity (Wildman–Crippen MR) is 364 cm³/mol. The lowest BCUT2D eigenvalue weighted by atomic mass is 10.0. The number of likely N-dealkylation sites (N-methyl/N-ethyl adjacent to an activating group) is 1. The maximum absolute atomic E-state index is 12.9. The molecule has 0 aliphatic rings. The lowest BCUT2D eigenvalue weighted by Gasteiger charge is -2.25. The Morgan fingerprint density at radius 2 is 0.635 bits per heavy atom. The Morgan fingerprint density at radius 3 is 0.941 bits per heavy atom. The van der Waals surface area contributed by atoms with Gasteiger partial charge < -0.3 is 28.5 Å². The summed E-state index contributed by atoms with van der Waals surface area (Å²) in [6.45, 7) is 4.64. The second kappa shape index (κ2) is 65.2. The molecule has 0 spiro atoms. The zero-order valence-electron chi connectivity index (χ0n) is 55.0. The number of quaternary nitrogens is 1. The third kappa shape index (κ3) is 66.5. The Balaban J connectivity index is 4.19. The van der Waals surface area contributed by atoms with Crippen molar-refractivity contribution in [1.82, 2.24) is 0 Å². The van der Waals surface area contributed by atoms with Crippen molar-refractivity contribution in [3.63, 3.8) is 0 Å². The molecule has 0 heterocycles. The molecule has 9 heteroatoms. The molecule has 0 bridgehead atoms. The van der Waals surface area contributed by atoms with E-state index in [1.807, 2.05) is 21.1 Å². The molecule has 0 amide bonds. The summed E-state index contributed by atoms with van der Waals surface area (Å²) < 4.78 is 23.0. The summed E-state index contributed by atoms with van der Waals surface area (Å²) in [6.07, 6.45) is 92.3. The maximum atomic E-state index is 12.9. The van der Waals surface area contributed by atoms with Gasteiger partial charge in [-0.15, -0.1) is 0 Å². The van der Waals surface area contributed by atoms with Gasteiger partial charge in [-0.3, -0.25) is 9.59 Å². The van der Waals surface area contributed by atoms with Gasteiger partial charge in [-0.25, -0.2) is 4.79 Å². The number of unbranched alkanes of at least 4 members (excludes halogenated alkanes) is 22. The van der Waals surface area contributed by atoms with Gasteiger partial charge in [0.2, 0.25) is 0 Å². The first-order valence-corrected chi connectivity index (χ1v) is 34.0. The highest BCUT2D eigenvalue weighted by molar-refractivity contribution is 5.71. The van der Waals surface area contributed by atoms with E-state index in [0.29, 0.717) is 23.9 Å². The minimum atomic E-state index is -1.52. The van der Waals surface area contributed by atoms with Crippen LogP contribution < -0.4 is 0 Å². The number of carboxylic acids is 1. The Labute approximate surface area is 522 Å². The average Bonchev–Trinajstić information content (AvgIpc) is 3.48. The normalized spacial score (nSPS) is 13.7. The van der Waals surface area contributed by atoms with Crippen LogP contribution in [0, 0.1) is 0 Å². The van der Waals surface area contributed by atoms with Crippen molar-refractivity contribution in [3.05, 3.63) is 146 Å². The summed E-state index contributed by atoms with van der Waals surface area (Å²) in [5.41, 5.74) is 0. The van der Waals surface area contributed by atoms with Crippen molar-refractivity contribution in [2.75, 3.05) is 47.5 Å². The number of aliphatic carboxylic acids is 1. The van der Waals surface area contributed by atoms with Gasteiger partial charge in [0, 0.05) is 12.8 Å². The molecule has 482 valence electrons. The maximum Gasteiger partial charge on any atom is 0.361 e. The van der Waals surface area contributed by atoms with Crippen LogP contribution in [0.4, 0.5) is 0 Å². The smallest absolute Gasteiger partial charge is 0.361 e. The lowest BCUT2D eigenvalue weighted by Crippen LogP contribution is -2.40. The van der Waals surface area contributed by atoms with Crippen LogP contribution in [0.2, 0.25) is 0 Å². The van der Waals surface area contributed by atoms with Gasteiger partial charge in [-0.05, 0) is 116 Å². The predicted octanol–water partition coefficient (Wildman–Crippen LogP) is 21.1. The quantitative estimate of drug-likeness (QED) is 0.0211. The first-order chi connectivity index (χ1) is 41.6. The molecule has 0 aliphatic carbocycles. The number of carbonyl (C=O) groups excluding carboxylic acids is 2. The molecular weight excluding hydrogens is 1050 g/mol. The van der Waals surface area contributed by atoms with Crippen LogP contribution in [0.5, 0.6) is 0 Å². The number of rotatable bonds is 61. The SMILES string of the molecule is CC/C=C\C/C=C\C/C=C\C/C=C\C/C=C\C/C=C\C/C=C\C/C=C\CCCCCCCCCCCCC(=O)OC(COC(=O)CCCCCCCCCCCCCC/C=C\C/C=C\C/C=C\C/C=C\CC)COC(OCC[N+](C)(C)C)C(=O)O. The highest BCUT2D eigenvalue weighted by Crippen LogP contribution is 2.16. The van der Waals surface area contributed by atoms with Gasteiger partial charge in [-0.2, -0.15) is 0 Å². The Hall–Kier alpha value is -4.83. The van der Waals surface area contributed by atoms with Gasteiger partial charge in [-0.1, -0.05) is 275 Å². The van der Waals surface area contributed by atoms with Gasteiger partial charge in [0.1, 0.15) is 13.2 Å². The van der Waals surface area contributed by atoms with Crippen LogP contribution in [0.25, 0.3) is 0 Å². The van der Waals surface area contributed by atoms with Crippen LogP contribution in [-0.4, -0.2) is 87.4 Å². The van der Waals surface area contributed by atoms with Crippen molar-refractivity contribution in [1.29, 1.82) is 0 Å². The summed E-state index contributed by atoms with van der Waals surface area (Å²) in [5.74, 6) is -2.02. The monoisotopic (exact) mass is 1180 g/mol. The summed E-state index contributed by atoms with van der Waals surface area (Å²) in [4.78, 5) is 37.6. The third-order valence-electron chi connectivity index (χ3n) is 14.1. The molecule has 0 aromatic heterocycles. The van der Waals surface area contributed by atoms with E-state index in [4.69, 9.17) is 18.9 Å². The van der Waals surface area contributed by atoms with Crippen molar-refractivity contribution in [2.45, 2.75) is 270 Å². The summed E-state index contributed by atoms with van der Waals surface area (Å²) in [5, 5.41) is 9.74. The third-order valence-corrected chi connectivity index (χ3v) is 14.1. The van der Waals surface area contributed by atoms with Crippen LogP contribution in [0.3, 0.4) is 0 Å². The highest BCUT2D eigenvalue weighted by Gasteiger charge is 2.25. The fourth-order valence-corrected chi connectivity index (χ4v) is 8.96. The standard InChI is InChI=1S/C76H125NO8/c1-6-8-10-12-14-16-18-20-22-24-26-28-30-32-33-34-35-36-37-38-39-40-41-43-45-47-49-51-53-55-57-59-61-63-65-67-74(79)85-72(71-84-76(75(80)81)82-69-68-77(3,4)5)70-83-73(78)66-64-62-60-58-56-54-52-50-48-46-44-42-31-29-27-25-23-21-19-17-15-13-11-9-7-2/h8-11,14-17,20-23,26-29,32-33,35-36,38-39,41,43,72,76H,6-7,12-13,18-19,24-25,30-31,34,37,40,42,44-71H2,1-5H3/p+1/b10-8-,11-9-,16-14-,17-15-,22-20-,23-21-,28-26-,29-27-,33-32-,36-35-,39-38-,43-41-. The van der Waals surface area contributed by atoms with Crippen molar-refractivity contribution >= 4 is 17.9 Å². The van der Waals surface area contributed by atoms with Crippen LogP contribution in [-0.2, 0) is 33.3 Å². The number of hydrogen-bond donors (Lipinski definition) is 1. The number of esters is 2. The fourth-order valence-electron chi connectivity index (χ4n) is 8.96. The minimum Gasteiger partial charge on any atom is -0.477 e. The molecule has 0 saturated heterocycles. The van der Waals surface area contributed by atoms with E-state index in [0.717, 1.165) is 122 Å². The number of allylic oxidation sites excluding steroid dienone is 24. The number of hydrogen-bond acceptors (Lipinski definition) is 7. The zero-order chi connectivity index (χ0) is 61.9. The van der Waals surface area contributed by atoms with Gasteiger partial charge in [0.25, 0.3) is 6.29 Å². The van der Waals surface area contributed by atoms with Crippen LogP contribution in [0.15, 0.2) is 146 Å². The van der Waals surface area contributed by atoms with Crippen molar-refractivity contribution < 1.29 is 42.9 Å². The second-order valence-electron chi connectivity index (χ2n) is 23.4. The second-order valence-corrected chi connectivity index (χ2v) is 23.4. The van der Waals surface area contributed by atoms with Gasteiger partial charge in [0.15, 0.2) is 6.10 Å². The number of carboxylic acid groups (broad SMARTS) is 1. The lowest BCUT2D eigenvalue weighted by molar-refractivity contribution is -0.870. The molecule has 2 atom stereocenters. The van der Waals surface area contributed by atoms with Crippen LogP contribution >= 0.6 is 0 Å². The van der Waals surface area contributed by atoms with E-state index >= 15 is 0 Å². The Kier molecular flexibility index (Phi) is 61.4. The van der Waals surface area contributed by atoms with E-state index in [9.17, 15) is 19.5 Å². The molecular formula is C76H126NO8+. The van der Waals surface area contributed by atoms with E-state index in [1.165, 1.54) is 103 Å². The molecule has 85 heavy (non-hydrogen) atoms. The molecule has 0 fully saturated rings. The molecule has 0 aromatic carbocycles. The average molecular weight is 1180 g/mol. The largest absolute Gasteiger partial charge is 0.477 e. The van der Waals surface area contributed by atoms with Crippen molar-refractivity contribution in [2.24, 2.45) is 0 Å². The summed E-state index contributed by atoms with van der Waals surface area (Å²) in [6, 6.07) is 0. The number of ether oxygens (including phenoxy) is 4. The molecule has 0 radical (unpaired) electrons. The van der Waals surface area contributed by atoms with E-state index < -0.39 is 24.3 Å². The first-order valence-electron chi connectivity index (χ1n) is 34.0. The summed E-state index contributed by atoms with van der Waals surface area (Å²) in [7, 11) is 5.97. The summed E-state index contributed by atoms with van der Waals surface area (Å²) >= 11 is 0. The molecule has 9 nitrogen and oxygen atoms in total. The van der Waals surface area contributed by atoms with Crippen molar-refractivity contribution in [3.8, 4) is 0 Å². The number of nitrogens with zero attached hydrogens (tertiary/aromatic N) is 1. The van der Waals surface area contributed by atoms with E-state index in [2.05, 4.69) is 160 Å². The number of carbonyl (C=O) groups is 3. The Bertz CT molecular complexity index is 1900. The molecule has 0 rings (SSSR count). The molecule has 0 aromatic rings. The first kappa shape index (κ1) is 80.2. The van der Waals surface area contributed by atoms with E-state index in [1.54, 1.807) is 0 Å². The zero-order valence-corrected chi connectivity index (χ0v) is 55.0. The highest BCUT2D eigenvalue weighted by atomic mass is 16.7. The Morgan fingerprint density at radius 1 is 0.353 bits per heavy atom. The molecule has 1 N–H and O–H groups in total. The van der Waals surface area contributed by atoms with Gasteiger partial charge >= 0.3 is 17.9 Å². The minimum absolute atomic E-state index is 0.180. The van der Waals surface area contributed by atoms with E-state index in [-0.39, 0.29) is 32.2 Å². The topological polar surface area (TPSA) is 108 Å².